The van der Waals surface area contributed by atoms with Crippen LogP contribution in [-0.4, -0.2) is 43.1 Å². The van der Waals surface area contributed by atoms with Crippen LogP contribution in [0.25, 0.3) is 0 Å². The number of halogens is 1. The summed E-state index contributed by atoms with van der Waals surface area (Å²) >= 11 is 6.31. The number of rotatable bonds is 24. The van der Waals surface area contributed by atoms with E-state index in [4.69, 9.17) is 40.0 Å². The highest BCUT2D eigenvalue weighted by molar-refractivity contribution is 6.33. The van der Waals surface area contributed by atoms with E-state index in [1.54, 1.807) is 24.3 Å². The van der Waals surface area contributed by atoms with E-state index in [0.29, 0.717) is 30.1 Å². The van der Waals surface area contributed by atoms with Gasteiger partial charge in [-0.3, -0.25) is 0 Å². The van der Waals surface area contributed by atoms with Crippen molar-refractivity contribution in [1.29, 1.82) is 0 Å². The number of carbonyl (C=O) groups is 5. The molecule has 63 heavy (non-hydrogen) atoms. The summed E-state index contributed by atoms with van der Waals surface area (Å²) in [6.07, 6.45) is 13.6. The molecule has 5 aromatic rings. The summed E-state index contributed by atoms with van der Waals surface area (Å²) < 4.78 is 33.0. The molecule has 0 amide bonds. The van der Waals surface area contributed by atoms with Gasteiger partial charge in [-0.2, -0.15) is 0 Å². The van der Waals surface area contributed by atoms with E-state index >= 15 is 0 Å². The summed E-state index contributed by atoms with van der Waals surface area (Å²) in [5.74, 6) is -1.94. The number of unbranched alkanes of at least 4 members (excludes halogenated alkanes) is 10. The molecular weight excluding hydrogens is 824 g/mol. The Labute approximate surface area is 373 Å². The van der Waals surface area contributed by atoms with Gasteiger partial charge in [0, 0.05) is 0 Å². The molecule has 0 N–H and O–H groups in total. The molecule has 0 atom stereocenters. The minimum atomic E-state index is -0.833. The zero-order valence-electron chi connectivity index (χ0n) is 35.7. The zero-order chi connectivity index (χ0) is 44.8. The van der Waals surface area contributed by atoms with E-state index in [1.807, 2.05) is 0 Å². The van der Waals surface area contributed by atoms with E-state index in [2.05, 4.69) is 13.8 Å². The Morgan fingerprint density at radius 2 is 0.730 bits per heavy atom. The Balaban J connectivity index is 1.06. The maximum absolute atomic E-state index is 13.1. The van der Waals surface area contributed by atoms with Gasteiger partial charge in [0.25, 0.3) is 0 Å². The van der Waals surface area contributed by atoms with Crippen molar-refractivity contribution in [3.63, 3.8) is 0 Å². The summed E-state index contributed by atoms with van der Waals surface area (Å²) in [5, 5.41) is 0.0542. The highest BCUT2D eigenvalue weighted by atomic mass is 35.5. The van der Waals surface area contributed by atoms with E-state index in [0.717, 1.165) is 32.1 Å². The predicted molar refractivity (Wildman–Crippen MR) is 240 cm³/mol. The third-order valence-corrected chi connectivity index (χ3v) is 10.2. The average Bonchev–Trinajstić information content (AvgIpc) is 3.29. The third kappa shape index (κ3) is 15.8. The molecule has 0 unspecified atom stereocenters. The lowest BCUT2D eigenvalue weighted by Gasteiger charge is -2.10. The first-order valence-electron chi connectivity index (χ1n) is 21.5. The number of benzene rings is 5. The van der Waals surface area contributed by atoms with Crippen LogP contribution in [0.2, 0.25) is 5.02 Å². The summed E-state index contributed by atoms with van der Waals surface area (Å²) in [7, 11) is 0. The second-order valence-corrected chi connectivity index (χ2v) is 15.2. The van der Waals surface area contributed by atoms with Crippen LogP contribution in [0.3, 0.4) is 0 Å². The maximum Gasteiger partial charge on any atom is 0.345 e. The molecule has 0 radical (unpaired) electrons. The van der Waals surface area contributed by atoms with Crippen molar-refractivity contribution >= 4 is 41.4 Å². The van der Waals surface area contributed by atoms with E-state index in [-0.39, 0.29) is 44.7 Å². The van der Waals surface area contributed by atoms with Gasteiger partial charge in [0.05, 0.1) is 46.1 Å². The molecular formula is C51H53ClO11. The third-order valence-electron chi connectivity index (χ3n) is 9.86. The first-order chi connectivity index (χ1) is 30.6. The predicted octanol–water partition coefficient (Wildman–Crippen LogP) is 12.5. The lowest BCUT2D eigenvalue weighted by molar-refractivity contribution is 0.0496. The van der Waals surface area contributed by atoms with Crippen molar-refractivity contribution in [3.8, 4) is 28.7 Å². The van der Waals surface area contributed by atoms with Crippen LogP contribution in [0.5, 0.6) is 28.7 Å². The van der Waals surface area contributed by atoms with Crippen LogP contribution in [-0.2, 0) is 4.74 Å². The minimum absolute atomic E-state index is 0.0300. The van der Waals surface area contributed by atoms with Crippen molar-refractivity contribution < 1.29 is 52.4 Å². The van der Waals surface area contributed by atoms with E-state index in [1.165, 1.54) is 136 Å². The molecule has 0 aliphatic rings. The van der Waals surface area contributed by atoms with Crippen molar-refractivity contribution in [2.45, 2.75) is 90.9 Å². The molecule has 12 heteroatoms. The molecule has 0 saturated heterocycles. The number of hydrogen-bond acceptors (Lipinski definition) is 11. The molecule has 330 valence electrons. The smallest absolute Gasteiger partial charge is 0.345 e. The molecule has 0 saturated carbocycles. The van der Waals surface area contributed by atoms with Gasteiger partial charge in [-0.25, -0.2) is 24.0 Å². The van der Waals surface area contributed by atoms with Gasteiger partial charge in [0.2, 0.25) is 0 Å². The molecule has 5 rings (SSSR count). The number of hydrogen-bond donors (Lipinski definition) is 0. The molecule has 0 spiro atoms. The van der Waals surface area contributed by atoms with Crippen LogP contribution < -0.4 is 23.7 Å². The molecule has 11 nitrogen and oxygen atoms in total. The van der Waals surface area contributed by atoms with Crippen LogP contribution in [0.15, 0.2) is 115 Å². The van der Waals surface area contributed by atoms with E-state index < -0.39 is 29.8 Å². The van der Waals surface area contributed by atoms with Crippen molar-refractivity contribution in [2.24, 2.45) is 0 Å². The Bertz CT molecular complexity index is 2250. The van der Waals surface area contributed by atoms with Gasteiger partial charge in [0.15, 0.2) is 0 Å². The van der Waals surface area contributed by atoms with Gasteiger partial charge in [-0.15, -0.1) is 0 Å². The fraction of sp³-hybridized carbons (Fsp3) is 0.314. The van der Waals surface area contributed by atoms with Crippen molar-refractivity contribution in [1.82, 2.24) is 0 Å². The topological polar surface area (TPSA) is 141 Å². The molecule has 5 aromatic carbocycles. The highest BCUT2D eigenvalue weighted by Crippen LogP contribution is 2.26. The van der Waals surface area contributed by atoms with Crippen LogP contribution in [0.1, 0.15) is 143 Å². The van der Waals surface area contributed by atoms with E-state index in [9.17, 15) is 24.0 Å². The summed E-state index contributed by atoms with van der Waals surface area (Å²) in [6, 6.07) is 28.4. The first kappa shape index (κ1) is 47.6. The van der Waals surface area contributed by atoms with Crippen LogP contribution in [0, 0.1) is 0 Å². The van der Waals surface area contributed by atoms with Crippen LogP contribution >= 0.6 is 11.6 Å². The zero-order valence-corrected chi connectivity index (χ0v) is 36.5. The van der Waals surface area contributed by atoms with Gasteiger partial charge < -0.3 is 28.4 Å². The normalized spacial score (nSPS) is 10.7. The lowest BCUT2D eigenvalue weighted by atomic mass is 10.1. The van der Waals surface area contributed by atoms with Crippen LogP contribution in [0.4, 0.5) is 0 Å². The standard InChI is InChI=1S/C51H53ClO11/c1-3-5-7-9-11-13-33-58-40-23-15-37(16-24-40)48(54)61-42-27-19-39(20-28-42)50(56)63-44-31-32-46(52)45(35-44)51(57)62-43-29-21-38(22-30-43)49(55)60-41-25-17-36(18-26-41)47(53)59-34-14-12-10-8-6-4-2/h15-32,35H,3-14,33-34H2,1-2H3. The quantitative estimate of drug-likeness (QED) is 0.0332. The number of ether oxygens (including phenoxy) is 6. The summed E-state index contributed by atoms with van der Waals surface area (Å²) in [4.78, 5) is 64.0. The molecule has 0 aliphatic heterocycles. The monoisotopic (exact) mass is 876 g/mol. The van der Waals surface area contributed by atoms with Crippen molar-refractivity contribution in [3.05, 3.63) is 148 Å². The number of esters is 5. The van der Waals surface area contributed by atoms with Gasteiger partial charge in [-0.1, -0.05) is 89.7 Å². The Kier molecular flexibility index (Phi) is 19.2. The largest absolute Gasteiger partial charge is 0.494 e. The Hall–Kier alpha value is -6.46. The van der Waals surface area contributed by atoms with Gasteiger partial charge >= 0.3 is 29.8 Å². The fourth-order valence-electron chi connectivity index (χ4n) is 6.25. The summed E-state index contributed by atoms with van der Waals surface area (Å²) in [5.41, 5.74) is 0.975. The highest BCUT2D eigenvalue weighted by Gasteiger charge is 2.18. The SMILES string of the molecule is CCCCCCCCOC(=O)c1ccc(OC(=O)c2ccc(OC(=O)c3cc(OC(=O)c4ccc(OC(=O)c5ccc(OCCCCCCCC)cc5)cc4)ccc3Cl)cc2)cc1. The van der Waals surface area contributed by atoms with Crippen molar-refractivity contribution in [2.75, 3.05) is 13.2 Å². The lowest BCUT2D eigenvalue weighted by Crippen LogP contribution is -2.12. The number of carbonyl (C=O) groups excluding carboxylic acids is 5. The molecule has 0 aliphatic carbocycles. The average molecular weight is 877 g/mol. The molecule has 0 fully saturated rings. The molecule has 0 aromatic heterocycles. The first-order valence-corrected chi connectivity index (χ1v) is 21.9. The fourth-order valence-corrected chi connectivity index (χ4v) is 6.45. The second-order valence-electron chi connectivity index (χ2n) is 14.8. The van der Waals surface area contributed by atoms with Gasteiger partial charge in [-0.05, 0) is 128 Å². The van der Waals surface area contributed by atoms with Gasteiger partial charge in [0.1, 0.15) is 28.7 Å². The Morgan fingerprint density at radius 3 is 1.19 bits per heavy atom. The molecule has 0 heterocycles. The second kappa shape index (κ2) is 25.5. The maximum atomic E-state index is 13.1. The minimum Gasteiger partial charge on any atom is -0.494 e. The Morgan fingerprint density at radius 1 is 0.381 bits per heavy atom. The molecule has 0 bridgehead atoms. The summed E-state index contributed by atoms with van der Waals surface area (Å²) in [6.45, 7) is 5.34.